The molecule has 2 fully saturated rings. The molecule has 0 radical (unpaired) electrons. The third kappa shape index (κ3) is 4.06. The number of amides is 2. The monoisotopic (exact) mass is 316 g/mol. The lowest BCUT2D eigenvalue weighted by molar-refractivity contribution is -0.140. The Kier molecular flexibility index (Phi) is 5.20. The molecular weight excluding hydrogens is 292 g/mol. The molecule has 2 aliphatic rings. The van der Waals surface area contributed by atoms with Crippen LogP contribution in [0.5, 0.6) is 0 Å². The van der Waals surface area contributed by atoms with Crippen molar-refractivity contribution in [1.29, 1.82) is 0 Å². The summed E-state index contributed by atoms with van der Waals surface area (Å²) in [7, 11) is 0. The van der Waals surface area contributed by atoms with E-state index in [2.05, 4.69) is 9.97 Å². The van der Waals surface area contributed by atoms with E-state index < -0.39 is 0 Å². The fourth-order valence-electron chi connectivity index (χ4n) is 3.46. The Labute approximate surface area is 136 Å². The minimum atomic E-state index is 0.0685. The Bertz CT molecular complexity index is 549. The molecule has 2 aliphatic heterocycles. The SMILES string of the molecule is O=C1CCCCCN1CC(=O)N1CCC[C@H](c2ccncn2)C1. The van der Waals surface area contributed by atoms with Gasteiger partial charge in [-0.15, -0.1) is 0 Å². The van der Waals surface area contributed by atoms with E-state index in [0.717, 1.165) is 44.3 Å². The normalized spacial score (nSPS) is 22.8. The standard InChI is InChI=1S/C17H24N4O2/c22-16-6-2-1-3-9-21(16)12-17(23)20-10-4-5-14(11-20)15-7-8-18-13-19-15/h7-8,13-14H,1-6,9-12H2/t14-/m0/s1. The Morgan fingerprint density at radius 3 is 2.96 bits per heavy atom. The summed E-state index contributed by atoms with van der Waals surface area (Å²) in [5.74, 6) is 0.467. The summed E-state index contributed by atoms with van der Waals surface area (Å²) in [6.07, 6.45) is 8.95. The molecule has 6 heteroatoms. The Morgan fingerprint density at radius 1 is 1.22 bits per heavy atom. The number of aromatic nitrogens is 2. The van der Waals surface area contributed by atoms with E-state index in [1.165, 1.54) is 0 Å². The van der Waals surface area contributed by atoms with Crippen LogP contribution in [0.1, 0.15) is 50.1 Å². The third-order valence-electron chi connectivity index (χ3n) is 4.79. The summed E-state index contributed by atoms with van der Waals surface area (Å²) >= 11 is 0. The van der Waals surface area contributed by atoms with Gasteiger partial charge in [0.2, 0.25) is 11.8 Å². The number of hydrogen-bond acceptors (Lipinski definition) is 4. The highest BCUT2D eigenvalue weighted by Crippen LogP contribution is 2.25. The van der Waals surface area contributed by atoms with Gasteiger partial charge in [-0.25, -0.2) is 9.97 Å². The van der Waals surface area contributed by atoms with Crippen LogP contribution in [0.4, 0.5) is 0 Å². The number of likely N-dealkylation sites (tertiary alicyclic amines) is 2. The summed E-state index contributed by atoms with van der Waals surface area (Å²) in [6.45, 7) is 2.42. The van der Waals surface area contributed by atoms with Crippen LogP contribution in [0, 0.1) is 0 Å². The van der Waals surface area contributed by atoms with E-state index in [-0.39, 0.29) is 24.3 Å². The number of piperidine rings is 1. The third-order valence-corrected chi connectivity index (χ3v) is 4.79. The molecule has 0 N–H and O–H groups in total. The molecule has 6 nitrogen and oxygen atoms in total. The van der Waals surface area contributed by atoms with E-state index >= 15 is 0 Å². The Balaban J connectivity index is 1.59. The molecule has 0 unspecified atom stereocenters. The maximum absolute atomic E-state index is 12.6. The van der Waals surface area contributed by atoms with Gasteiger partial charge in [-0.05, 0) is 31.7 Å². The van der Waals surface area contributed by atoms with Crippen molar-refractivity contribution < 1.29 is 9.59 Å². The van der Waals surface area contributed by atoms with Crippen LogP contribution < -0.4 is 0 Å². The van der Waals surface area contributed by atoms with E-state index in [1.54, 1.807) is 17.4 Å². The molecule has 0 bridgehead atoms. The highest BCUT2D eigenvalue weighted by atomic mass is 16.2. The topological polar surface area (TPSA) is 66.4 Å². The van der Waals surface area contributed by atoms with Gasteiger partial charge in [0.1, 0.15) is 6.33 Å². The van der Waals surface area contributed by atoms with Gasteiger partial charge in [-0.1, -0.05) is 6.42 Å². The maximum Gasteiger partial charge on any atom is 0.242 e. The van der Waals surface area contributed by atoms with Crippen molar-refractivity contribution in [3.05, 3.63) is 24.3 Å². The first-order valence-corrected chi connectivity index (χ1v) is 8.55. The second-order valence-electron chi connectivity index (χ2n) is 6.44. The van der Waals surface area contributed by atoms with Crippen LogP contribution in [0.25, 0.3) is 0 Å². The molecule has 0 aromatic carbocycles. The van der Waals surface area contributed by atoms with Crippen LogP contribution >= 0.6 is 0 Å². The largest absolute Gasteiger partial charge is 0.340 e. The van der Waals surface area contributed by atoms with Gasteiger partial charge in [0.15, 0.2) is 0 Å². The van der Waals surface area contributed by atoms with Crippen molar-refractivity contribution in [3.63, 3.8) is 0 Å². The first-order valence-electron chi connectivity index (χ1n) is 8.55. The zero-order valence-electron chi connectivity index (χ0n) is 13.5. The summed E-state index contributed by atoms with van der Waals surface area (Å²) in [4.78, 5) is 36.6. The number of nitrogens with zero attached hydrogens (tertiary/aromatic N) is 4. The van der Waals surface area contributed by atoms with Crippen LogP contribution in [0.15, 0.2) is 18.6 Å². The zero-order chi connectivity index (χ0) is 16.1. The molecule has 3 heterocycles. The highest BCUT2D eigenvalue weighted by molar-refractivity contribution is 5.85. The molecular formula is C17H24N4O2. The molecule has 1 aromatic heterocycles. The van der Waals surface area contributed by atoms with Crippen LogP contribution in [-0.2, 0) is 9.59 Å². The maximum atomic E-state index is 12.6. The van der Waals surface area contributed by atoms with Crippen LogP contribution in [-0.4, -0.2) is 57.8 Å². The minimum absolute atomic E-state index is 0.0685. The first kappa shape index (κ1) is 15.9. The Hall–Kier alpha value is -1.98. The van der Waals surface area contributed by atoms with E-state index in [1.807, 2.05) is 11.0 Å². The minimum Gasteiger partial charge on any atom is -0.340 e. The molecule has 2 amide bonds. The van der Waals surface area contributed by atoms with Gasteiger partial charge < -0.3 is 9.80 Å². The smallest absolute Gasteiger partial charge is 0.242 e. The predicted molar refractivity (Wildman–Crippen MR) is 85.6 cm³/mol. The van der Waals surface area contributed by atoms with Crippen molar-refractivity contribution in [2.24, 2.45) is 0 Å². The summed E-state index contributed by atoms with van der Waals surface area (Å²) < 4.78 is 0. The van der Waals surface area contributed by atoms with E-state index in [0.29, 0.717) is 19.5 Å². The molecule has 23 heavy (non-hydrogen) atoms. The highest BCUT2D eigenvalue weighted by Gasteiger charge is 2.27. The number of carbonyl (C=O) groups excluding carboxylic acids is 2. The Morgan fingerprint density at radius 2 is 2.13 bits per heavy atom. The van der Waals surface area contributed by atoms with E-state index in [9.17, 15) is 9.59 Å². The zero-order valence-corrected chi connectivity index (χ0v) is 13.5. The molecule has 2 saturated heterocycles. The van der Waals surface area contributed by atoms with Gasteiger partial charge in [0, 0.05) is 43.9 Å². The summed E-state index contributed by atoms with van der Waals surface area (Å²) in [5, 5.41) is 0. The lowest BCUT2D eigenvalue weighted by Crippen LogP contribution is -2.46. The van der Waals surface area contributed by atoms with Gasteiger partial charge in [-0.2, -0.15) is 0 Å². The van der Waals surface area contributed by atoms with Crippen molar-refractivity contribution in [1.82, 2.24) is 19.8 Å². The molecule has 124 valence electrons. The van der Waals surface area contributed by atoms with Crippen LogP contribution in [0.3, 0.4) is 0 Å². The molecule has 1 atom stereocenters. The first-order chi connectivity index (χ1) is 11.2. The molecule has 0 saturated carbocycles. The second-order valence-corrected chi connectivity index (χ2v) is 6.44. The lowest BCUT2D eigenvalue weighted by atomic mass is 9.94. The van der Waals surface area contributed by atoms with Crippen molar-refractivity contribution in [2.75, 3.05) is 26.2 Å². The average Bonchev–Trinajstić information content (AvgIpc) is 2.80. The predicted octanol–water partition coefficient (Wildman–Crippen LogP) is 1.59. The van der Waals surface area contributed by atoms with Crippen LogP contribution in [0.2, 0.25) is 0 Å². The number of rotatable bonds is 3. The van der Waals surface area contributed by atoms with E-state index in [4.69, 9.17) is 0 Å². The summed E-state index contributed by atoms with van der Waals surface area (Å²) in [5.41, 5.74) is 1.00. The van der Waals surface area contributed by atoms with Gasteiger partial charge in [-0.3, -0.25) is 9.59 Å². The fourth-order valence-corrected chi connectivity index (χ4v) is 3.46. The van der Waals surface area contributed by atoms with Crippen molar-refractivity contribution in [2.45, 2.75) is 44.4 Å². The van der Waals surface area contributed by atoms with Gasteiger partial charge in [0.05, 0.1) is 6.54 Å². The molecule has 3 rings (SSSR count). The van der Waals surface area contributed by atoms with Crippen molar-refractivity contribution >= 4 is 11.8 Å². The van der Waals surface area contributed by atoms with Crippen molar-refractivity contribution in [3.8, 4) is 0 Å². The second kappa shape index (κ2) is 7.53. The molecule has 0 spiro atoms. The molecule has 1 aromatic rings. The number of hydrogen-bond donors (Lipinski definition) is 0. The fraction of sp³-hybridized carbons (Fsp3) is 0.647. The lowest BCUT2D eigenvalue weighted by Gasteiger charge is -2.34. The van der Waals surface area contributed by atoms with Gasteiger partial charge >= 0.3 is 0 Å². The molecule has 0 aliphatic carbocycles. The average molecular weight is 316 g/mol. The quantitative estimate of drug-likeness (QED) is 0.849. The number of carbonyl (C=O) groups is 2. The van der Waals surface area contributed by atoms with Gasteiger partial charge in [0.25, 0.3) is 0 Å². The summed E-state index contributed by atoms with van der Waals surface area (Å²) in [6, 6.07) is 1.93.